The van der Waals surface area contributed by atoms with Gasteiger partial charge in [0.25, 0.3) is 0 Å². The van der Waals surface area contributed by atoms with Crippen molar-refractivity contribution in [2.24, 2.45) is 0 Å². The SMILES string of the molecule is CNCCCc1nnc(-c2ccc3c(c2)COC3)o1. The van der Waals surface area contributed by atoms with E-state index in [0.29, 0.717) is 25.0 Å². The predicted molar refractivity (Wildman–Crippen MR) is 70.5 cm³/mol. The van der Waals surface area contributed by atoms with E-state index in [0.717, 1.165) is 24.9 Å². The molecule has 0 fully saturated rings. The first kappa shape index (κ1) is 12.3. The van der Waals surface area contributed by atoms with E-state index >= 15 is 0 Å². The van der Waals surface area contributed by atoms with Gasteiger partial charge in [0, 0.05) is 12.0 Å². The molecule has 0 amide bonds. The van der Waals surface area contributed by atoms with E-state index in [1.165, 1.54) is 11.1 Å². The predicted octanol–water partition coefficient (Wildman–Crippen LogP) is 1.92. The van der Waals surface area contributed by atoms with Crippen molar-refractivity contribution in [2.75, 3.05) is 13.6 Å². The second-order valence-electron chi connectivity index (χ2n) is 4.68. The van der Waals surface area contributed by atoms with E-state index in [2.05, 4.69) is 27.6 Å². The number of ether oxygens (including phenoxy) is 1. The van der Waals surface area contributed by atoms with Gasteiger partial charge in [-0.3, -0.25) is 0 Å². The molecule has 0 atom stereocenters. The Morgan fingerprint density at radius 3 is 3.00 bits per heavy atom. The Bertz CT molecular complexity index is 566. The molecular weight excluding hydrogens is 242 g/mol. The zero-order valence-corrected chi connectivity index (χ0v) is 11.0. The highest BCUT2D eigenvalue weighted by Crippen LogP contribution is 2.26. The Balaban J connectivity index is 1.75. The largest absolute Gasteiger partial charge is 0.421 e. The van der Waals surface area contributed by atoms with E-state index in [-0.39, 0.29) is 0 Å². The van der Waals surface area contributed by atoms with Crippen LogP contribution in [0.1, 0.15) is 23.4 Å². The number of hydrogen-bond acceptors (Lipinski definition) is 5. The van der Waals surface area contributed by atoms with Crippen molar-refractivity contribution in [3.63, 3.8) is 0 Å². The molecule has 0 aliphatic carbocycles. The summed E-state index contributed by atoms with van der Waals surface area (Å²) in [6, 6.07) is 6.16. The summed E-state index contributed by atoms with van der Waals surface area (Å²) in [7, 11) is 1.94. The van der Waals surface area contributed by atoms with Gasteiger partial charge in [-0.1, -0.05) is 6.07 Å². The summed E-state index contributed by atoms with van der Waals surface area (Å²) in [5.41, 5.74) is 3.43. The summed E-state index contributed by atoms with van der Waals surface area (Å²) in [6.07, 6.45) is 1.80. The standard InChI is InChI=1S/C14H17N3O2/c1-15-6-2-3-13-16-17-14(19-13)10-4-5-11-8-18-9-12(11)7-10/h4-5,7,15H,2-3,6,8-9H2,1H3. The highest BCUT2D eigenvalue weighted by atomic mass is 16.5. The molecule has 1 aliphatic rings. The summed E-state index contributed by atoms with van der Waals surface area (Å²) in [5, 5.41) is 11.3. The first-order valence-electron chi connectivity index (χ1n) is 6.54. The number of aryl methyl sites for hydroxylation is 1. The van der Waals surface area contributed by atoms with Crippen LogP contribution in [0.4, 0.5) is 0 Å². The van der Waals surface area contributed by atoms with Crippen LogP contribution in [0.25, 0.3) is 11.5 Å². The molecule has 0 saturated heterocycles. The fraction of sp³-hybridized carbons (Fsp3) is 0.429. The molecule has 1 aromatic carbocycles. The van der Waals surface area contributed by atoms with Gasteiger partial charge in [-0.05, 0) is 43.3 Å². The molecular formula is C14H17N3O2. The van der Waals surface area contributed by atoms with Gasteiger partial charge in [0.15, 0.2) is 0 Å². The van der Waals surface area contributed by atoms with Crippen LogP contribution in [-0.4, -0.2) is 23.8 Å². The van der Waals surface area contributed by atoms with Gasteiger partial charge >= 0.3 is 0 Å². The molecule has 3 rings (SSSR count). The summed E-state index contributed by atoms with van der Waals surface area (Å²) < 4.78 is 11.1. The lowest BCUT2D eigenvalue weighted by molar-refractivity contribution is 0.134. The third-order valence-corrected chi connectivity index (χ3v) is 3.25. The monoisotopic (exact) mass is 259 g/mol. The van der Waals surface area contributed by atoms with Crippen molar-refractivity contribution >= 4 is 0 Å². The van der Waals surface area contributed by atoms with Crippen molar-refractivity contribution < 1.29 is 9.15 Å². The summed E-state index contributed by atoms with van der Waals surface area (Å²) >= 11 is 0. The molecule has 1 aromatic heterocycles. The van der Waals surface area contributed by atoms with Crippen molar-refractivity contribution in [1.29, 1.82) is 0 Å². The molecule has 1 N–H and O–H groups in total. The molecule has 19 heavy (non-hydrogen) atoms. The lowest BCUT2D eigenvalue weighted by Crippen LogP contribution is -2.08. The maximum absolute atomic E-state index is 5.69. The van der Waals surface area contributed by atoms with Crippen molar-refractivity contribution in [2.45, 2.75) is 26.1 Å². The molecule has 2 aromatic rings. The zero-order chi connectivity index (χ0) is 13.1. The number of benzene rings is 1. The van der Waals surface area contributed by atoms with Crippen LogP contribution < -0.4 is 5.32 Å². The van der Waals surface area contributed by atoms with Crippen LogP contribution in [0.5, 0.6) is 0 Å². The van der Waals surface area contributed by atoms with Gasteiger partial charge in [-0.15, -0.1) is 10.2 Å². The van der Waals surface area contributed by atoms with Crippen LogP contribution >= 0.6 is 0 Å². The van der Waals surface area contributed by atoms with Crippen LogP contribution in [-0.2, 0) is 24.4 Å². The Morgan fingerprint density at radius 2 is 2.11 bits per heavy atom. The average molecular weight is 259 g/mol. The van der Waals surface area contributed by atoms with Gasteiger partial charge in [-0.2, -0.15) is 0 Å². The maximum Gasteiger partial charge on any atom is 0.247 e. The Hall–Kier alpha value is -1.72. The van der Waals surface area contributed by atoms with Crippen LogP contribution in [0, 0.1) is 0 Å². The van der Waals surface area contributed by atoms with Crippen LogP contribution in [0.15, 0.2) is 22.6 Å². The minimum Gasteiger partial charge on any atom is -0.421 e. The number of aromatic nitrogens is 2. The van der Waals surface area contributed by atoms with E-state index < -0.39 is 0 Å². The van der Waals surface area contributed by atoms with E-state index in [1.54, 1.807) is 0 Å². The van der Waals surface area contributed by atoms with Gasteiger partial charge < -0.3 is 14.5 Å². The van der Waals surface area contributed by atoms with Crippen molar-refractivity contribution in [1.82, 2.24) is 15.5 Å². The Kier molecular flexibility index (Phi) is 3.57. The maximum atomic E-state index is 5.69. The van der Waals surface area contributed by atoms with E-state index in [1.807, 2.05) is 13.1 Å². The third kappa shape index (κ3) is 2.67. The number of nitrogens with one attached hydrogen (secondary N) is 1. The Labute approximate surface area is 112 Å². The molecule has 0 unspecified atom stereocenters. The highest BCUT2D eigenvalue weighted by Gasteiger charge is 2.14. The van der Waals surface area contributed by atoms with Gasteiger partial charge in [0.2, 0.25) is 11.8 Å². The van der Waals surface area contributed by atoms with E-state index in [4.69, 9.17) is 9.15 Å². The van der Waals surface area contributed by atoms with Gasteiger partial charge in [0.05, 0.1) is 13.2 Å². The van der Waals surface area contributed by atoms with E-state index in [9.17, 15) is 0 Å². The molecule has 2 heterocycles. The zero-order valence-electron chi connectivity index (χ0n) is 11.0. The van der Waals surface area contributed by atoms with Gasteiger partial charge in [-0.25, -0.2) is 0 Å². The molecule has 0 radical (unpaired) electrons. The first-order chi connectivity index (χ1) is 9.36. The highest BCUT2D eigenvalue weighted by molar-refractivity contribution is 5.55. The lowest BCUT2D eigenvalue weighted by atomic mass is 10.1. The number of fused-ring (bicyclic) bond motifs is 1. The second-order valence-corrected chi connectivity index (χ2v) is 4.68. The fourth-order valence-electron chi connectivity index (χ4n) is 2.19. The molecule has 1 aliphatic heterocycles. The van der Waals surface area contributed by atoms with Crippen molar-refractivity contribution in [3.8, 4) is 11.5 Å². The second kappa shape index (κ2) is 5.50. The van der Waals surface area contributed by atoms with Crippen molar-refractivity contribution in [3.05, 3.63) is 35.2 Å². The number of nitrogens with zero attached hydrogens (tertiary/aromatic N) is 2. The summed E-state index contributed by atoms with van der Waals surface area (Å²) in [4.78, 5) is 0. The number of rotatable bonds is 5. The average Bonchev–Trinajstić information content (AvgIpc) is 3.06. The number of hydrogen-bond donors (Lipinski definition) is 1. The smallest absolute Gasteiger partial charge is 0.247 e. The minimum absolute atomic E-state index is 0.592. The van der Waals surface area contributed by atoms with Crippen LogP contribution in [0.2, 0.25) is 0 Å². The molecule has 0 bridgehead atoms. The summed E-state index contributed by atoms with van der Waals surface area (Å²) in [6.45, 7) is 2.33. The third-order valence-electron chi connectivity index (χ3n) is 3.25. The normalized spacial score (nSPS) is 13.7. The topological polar surface area (TPSA) is 60.2 Å². The molecule has 5 heteroatoms. The summed E-state index contributed by atoms with van der Waals surface area (Å²) in [5.74, 6) is 1.29. The van der Waals surface area contributed by atoms with Crippen LogP contribution in [0.3, 0.4) is 0 Å². The van der Waals surface area contributed by atoms with Gasteiger partial charge in [0.1, 0.15) is 0 Å². The lowest BCUT2D eigenvalue weighted by Gasteiger charge is -1.99. The Morgan fingerprint density at radius 1 is 1.21 bits per heavy atom. The first-order valence-corrected chi connectivity index (χ1v) is 6.54. The molecule has 5 nitrogen and oxygen atoms in total. The minimum atomic E-state index is 0.592. The fourth-order valence-corrected chi connectivity index (χ4v) is 2.19. The molecule has 100 valence electrons. The quantitative estimate of drug-likeness (QED) is 0.831. The molecule has 0 spiro atoms. The molecule has 0 saturated carbocycles.